The molecule has 0 aliphatic heterocycles. The van der Waals surface area contributed by atoms with Crippen LogP contribution >= 0.6 is 0 Å². The van der Waals surface area contributed by atoms with Crippen LogP contribution in [0.15, 0.2) is 71.3 Å². The van der Waals surface area contributed by atoms with Gasteiger partial charge in [0, 0.05) is 24.7 Å². The highest BCUT2D eigenvalue weighted by Crippen LogP contribution is 2.30. The van der Waals surface area contributed by atoms with Gasteiger partial charge in [0.15, 0.2) is 0 Å². The number of hydrogen-bond acceptors (Lipinski definition) is 3. The fourth-order valence-corrected chi connectivity index (χ4v) is 2.87. The van der Waals surface area contributed by atoms with Gasteiger partial charge in [0.25, 0.3) is 0 Å². The van der Waals surface area contributed by atoms with E-state index in [1.165, 1.54) is 18.4 Å². The van der Waals surface area contributed by atoms with Crippen LogP contribution in [0.3, 0.4) is 0 Å². The van der Waals surface area contributed by atoms with Gasteiger partial charge in [-0.15, -0.1) is 0 Å². The third-order valence-corrected chi connectivity index (χ3v) is 4.23. The molecule has 0 spiro atoms. The molecule has 1 heterocycles. The number of nitrogens with zero attached hydrogens (tertiary/aromatic N) is 2. The van der Waals surface area contributed by atoms with Crippen molar-refractivity contribution in [2.75, 3.05) is 0 Å². The molecule has 0 radical (unpaired) electrons. The van der Waals surface area contributed by atoms with Crippen molar-refractivity contribution >= 4 is 0 Å². The second-order valence-corrected chi connectivity index (χ2v) is 6.13. The Hall–Kier alpha value is -2.39. The van der Waals surface area contributed by atoms with E-state index >= 15 is 0 Å². The van der Waals surface area contributed by atoms with Crippen LogP contribution in [0.25, 0.3) is 11.5 Å². The van der Waals surface area contributed by atoms with Crippen LogP contribution in [0.2, 0.25) is 0 Å². The molecule has 4 rings (SSSR count). The first-order chi connectivity index (χ1) is 11.4. The van der Waals surface area contributed by atoms with Crippen LogP contribution in [0.4, 0.5) is 0 Å². The van der Waals surface area contributed by atoms with E-state index in [0.29, 0.717) is 11.9 Å². The highest BCUT2D eigenvalue weighted by Gasteiger charge is 2.29. The summed E-state index contributed by atoms with van der Waals surface area (Å²) in [4.78, 5) is 7.17. The van der Waals surface area contributed by atoms with Crippen molar-refractivity contribution < 1.29 is 4.42 Å². The molecule has 1 aliphatic carbocycles. The molecule has 0 N–H and O–H groups in total. The number of aromatic nitrogens is 1. The summed E-state index contributed by atoms with van der Waals surface area (Å²) in [6.45, 7) is 1.81. The van der Waals surface area contributed by atoms with Gasteiger partial charge in [0.1, 0.15) is 6.26 Å². The Bertz CT molecular complexity index is 748. The van der Waals surface area contributed by atoms with Gasteiger partial charge in [0.05, 0.1) is 5.69 Å². The lowest BCUT2D eigenvalue weighted by Crippen LogP contribution is -2.25. The second kappa shape index (κ2) is 6.39. The first-order valence-corrected chi connectivity index (χ1v) is 8.16. The Balaban J connectivity index is 1.48. The molecule has 0 amide bonds. The van der Waals surface area contributed by atoms with Crippen LogP contribution in [0, 0.1) is 0 Å². The Morgan fingerprint density at radius 1 is 0.913 bits per heavy atom. The highest BCUT2D eigenvalue weighted by molar-refractivity contribution is 5.52. The zero-order valence-electron chi connectivity index (χ0n) is 13.1. The molecule has 0 unspecified atom stereocenters. The third-order valence-electron chi connectivity index (χ3n) is 4.23. The number of benzene rings is 2. The molecule has 1 aromatic heterocycles. The van der Waals surface area contributed by atoms with E-state index in [9.17, 15) is 0 Å². The van der Waals surface area contributed by atoms with E-state index in [1.54, 1.807) is 6.26 Å². The summed E-state index contributed by atoms with van der Waals surface area (Å²) in [5, 5.41) is 0. The third kappa shape index (κ3) is 3.51. The largest absolute Gasteiger partial charge is 0.444 e. The molecule has 3 aromatic rings. The number of oxazole rings is 1. The average Bonchev–Trinajstić information content (AvgIpc) is 3.35. The maximum atomic E-state index is 5.66. The van der Waals surface area contributed by atoms with E-state index in [1.807, 2.05) is 30.3 Å². The monoisotopic (exact) mass is 304 g/mol. The molecule has 116 valence electrons. The van der Waals surface area contributed by atoms with Crippen molar-refractivity contribution in [2.45, 2.75) is 32.0 Å². The lowest BCUT2D eigenvalue weighted by atomic mass is 10.2. The first-order valence-electron chi connectivity index (χ1n) is 8.16. The lowest BCUT2D eigenvalue weighted by molar-refractivity contribution is 0.242. The maximum Gasteiger partial charge on any atom is 0.226 e. The fourth-order valence-electron chi connectivity index (χ4n) is 2.87. The summed E-state index contributed by atoms with van der Waals surface area (Å²) >= 11 is 0. The van der Waals surface area contributed by atoms with Gasteiger partial charge in [-0.2, -0.15) is 0 Å². The predicted molar refractivity (Wildman–Crippen MR) is 90.7 cm³/mol. The minimum Gasteiger partial charge on any atom is -0.444 e. The van der Waals surface area contributed by atoms with Gasteiger partial charge in [-0.25, -0.2) is 4.98 Å². The van der Waals surface area contributed by atoms with E-state index in [-0.39, 0.29) is 0 Å². The first kappa shape index (κ1) is 14.2. The fraction of sp³-hybridized carbons (Fsp3) is 0.250. The van der Waals surface area contributed by atoms with Crippen molar-refractivity contribution in [3.63, 3.8) is 0 Å². The van der Waals surface area contributed by atoms with E-state index < -0.39 is 0 Å². The summed E-state index contributed by atoms with van der Waals surface area (Å²) in [6, 6.07) is 21.4. The van der Waals surface area contributed by atoms with E-state index in [2.05, 4.69) is 40.2 Å². The Kier molecular flexibility index (Phi) is 3.95. The van der Waals surface area contributed by atoms with Gasteiger partial charge >= 0.3 is 0 Å². The van der Waals surface area contributed by atoms with Crippen molar-refractivity contribution in [1.82, 2.24) is 9.88 Å². The lowest BCUT2D eigenvalue weighted by Gasteiger charge is -2.20. The number of hydrogen-bond donors (Lipinski definition) is 0. The predicted octanol–water partition coefficient (Wildman–Crippen LogP) is 4.51. The molecule has 2 aromatic carbocycles. The standard InChI is InChI=1S/C20H20N2O/c1-3-7-16(8-4-1)13-22(19-11-12-19)14-18-15-23-20(21-18)17-9-5-2-6-10-17/h1-10,15,19H,11-14H2. The topological polar surface area (TPSA) is 29.3 Å². The van der Waals surface area contributed by atoms with Gasteiger partial charge in [-0.3, -0.25) is 4.90 Å². The molecular weight excluding hydrogens is 284 g/mol. The molecule has 1 aliphatic rings. The molecule has 0 bridgehead atoms. The summed E-state index contributed by atoms with van der Waals surface area (Å²) < 4.78 is 5.66. The zero-order chi connectivity index (χ0) is 15.5. The smallest absolute Gasteiger partial charge is 0.226 e. The van der Waals surface area contributed by atoms with Crippen molar-refractivity contribution in [1.29, 1.82) is 0 Å². The Morgan fingerprint density at radius 2 is 1.61 bits per heavy atom. The van der Waals surface area contributed by atoms with Crippen LogP contribution in [-0.4, -0.2) is 15.9 Å². The van der Waals surface area contributed by atoms with Gasteiger partial charge < -0.3 is 4.42 Å². The normalized spacial score (nSPS) is 14.3. The second-order valence-electron chi connectivity index (χ2n) is 6.13. The minimum absolute atomic E-state index is 0.687. The van der Waals surface area contributed by atoms with Crippen LogP contribution in [0.1, 0.15) is 24.1 Å². The van der Waals surface area contributed by atoms with Crippen molar-refractivity contribution in [3.05, 3.63) is 78.2 Å². The van der Waals surface area contributed by atoms with Gasteiger partial charge in [0.2, 0.25) is 5.89 Å². The summed E-state index contributed by atoms with van der Waals surface area (Å²) in [5.41, 5.74) is 3.39. The molecule has 1 saturated carbocycles. The van der Waals surface area contributed by atoms with Gasteiger partial charge in [-0.1, -0.05) is 48.5 Å². The molecular formula is C20H20N2O. The average molecular weight is 304 g/mol. The molecule has 3 heteroatoms. The molecule has 3 nitrogen and oxygen atoms in total. The van der Waals surface area contributed by atoms with E-state index in [0.717, 1.165) is 24.3 Å². The Morgan fingerprint density at radius 3 is 2.30 bits per heavy atom. The molecule has 1 fully saturated rings. The minimum atomic E-state index is 0.687. The van der Waals surface area contributed by atoms with Gasteiger partial charge in [-0.05, 0) is 30.5 Å². The summed E-state index contributed by atoms with van der Waals surface area (Å²) in [5.74, 6) is 0.705. The van der Waals surface area contributed by atoms with Crippen molar-refractivity contribution in [2.24, 2.45) is 0 Å². The van der Waals surface area contributed by atoms with Crippen LogP contribution < -0.4 is 0 Å². The maximum absolute atomic E-state index is 5.66. The summed E-state index contributed by atoms with van der Waals surface area (Å²) in [6.07, 6.45) is 4.37. The Labute approximate surface area is 136 Å². The van der Waals surface area contributed by atoms with Crippen LogP contribution in [0.5, 0.6) is 0 Å². The molecule has 23 heavy (non-hydrogen) atoms. The molecule has 0 saturated heterocycles. The zero-order valence-corrected chi connectivity index (χ0v) is 13.1. The molecule has 0 atom stereocenters. The highest BCUT2D eigenvalue weighted by atomic mass is 16.3. The SMILES string of the molecule is c1ccc(CN(Cc2coc(-c3ccccc3)n2)C2CC2)cc1. The van der Waals surface area contributed by atoms with Crippen molar-refractivity contribution in [3.8, 4) is 11.5 Å². The quantitative estimate of drug-likeness (QED) is 0.671. The summed E-state index contributed by atoms with van der Waals surface area (Å²) in [7, 11) is 0. The number of rotatable bonds is 6. The van der Waals surface area contributed by atoms with E-state index in [4.69, 9.17) is 4.42 Å². The van der Waals surface area contributed by atoms with Crippen LogP contribution in [-0.2, 0) is 13.1 Å².